The highest BCUT2D eigenvalue weighted by molar-refractivity contribution is 5.98. The molecule has 0 aliphatic carbocycles. The van der Waals surface area contributed by atoms with Gasteiger partial charge in [0, 0.05) is 18.9 Å². The first-order valence-corrected chi connectivity index (χ1v) is 8.84. The summed E-state index contributed by atoms with van der Waals surface area (Å²) in [7, 11) is 0. The van der Waals surface area contributed by atoms with Crippen LogP contribution in [0.5, 0.6) is 0 Å². The molecular formula is C19H29F3N2O4. The van der Waals surface area contributed by atoms with E-state index in [2.05, 4.69) is 5.32 Å². The number of amides is 1. The molecule has 28 heavy (non-hydrogen) atoms. The Kier molecular flexibility index (Phi) is 11.4. The fourth-order valence-corrected chi connectivity index (χ4v) is 1.89. The summed E-state index contributed by atoms with van der Waals surface area (Å²) in [6.07, 6.45) is -3.10. The largest absolute Gasteiger partial charge is 0.444 e. The predicted octanol–water partition coefficient (Wildman–Crippen LogP) is 3.74. The molecule has 1 amide bonds. The van der Waals surface area contributed by atoms with Crippen LogP contribution in [0.4, 0.5) is 18.0 Å². The van der Waals surface area contributed by atoms with Crippen LogP contribution in [0.25, 0.3) is 0 Å². The lowest BCUT2D eigenvalue weighted by Gasteiger charge is -2.19. The number of rotatable bonds is 7. The van der Waals surface area contributed by atoms with E-state index in [1.165, 1.54) is 12.1 Å². The molecule has 4 N–H and O–H groups in total. The van der Waals surface area contributed by atoms with E-state index in [4.69, 9.17) is 20.4 Å². The van der Waals surface area contributed by atoms with Gasteiger partial charge >= 0.3 is 12.3 Å². The molecule has 0 saturated carbocycles. The van der Waals surface area contributed by atoms with Gasteiger partial charge in [-0.1, -0.05) is 12.1 Å². The first-order chi connectivity index (χ1) is 12.9. The van der Waals surface area contributed by atoms with Crippen molar-refractivity contribution in [3.05, 3.63) is 35.4 Å². The molecule has 0 heterocycles. The minimum absolute atomic E-state index is 0.0697. The maximum Gasteiger partial charge on any atom is 0.416 e. The highest BCUT2D eigenvalue weighted by Gasteiger charge is 2.30. The van der Waals surface area contributed by atoms with Gasteiger partial charge < -0.3 is 25.7 Å². The van der Waals surface area contributed by atoms with Gasteiger partial charge in [-0.25, -0.2) is 4.79 Å². The van der Waals surface area contributed by atoms with E-state index in [9.17, 15) is 18.0 Å². The van der Waals surface area contributed by atoms with E-state index in [0.29, 0.717) is 30.5 Å². The Bertz CT molecular complexity index is 597. The van der Waals surface area contributed by atoms with Crippen LogP contribution in [0, 0.1) is 5.41 Å². The molecule has 160 valence electrons. The maximum absolute atomic E-state index is 12.3. The molecule has 0 unspecified atom stereocenters. The monoisotopic (exact) mass is 406 g/mol. The third-order valence-electron chi connectivity index (χ3n) is 3.18. The van der Waals surface area contributed by atoms with Crippen LogP contribution in [-0.4, -0.2) is 47.4 Å². The van der Waals surface area contributed by atoms with Gasteiger partial charge in [-0.15, -0.1) is 0 Å². The van der Waals surface area contributed by atoms with Gasteiger partial charge in [0.05, 0.1) is 12.2 Å². The van der Waals surface area contributed by atoms with Crippen LogP contribution < -0.4 is 5.32 Å². The number of ether oxygens (including phenoxy) is 1. The number of alkyl halides is 3. The smallest absolute Gasteiger partial charge is 0.416 e. The molecule has 0 atom stereocenters. The number of aliphatic hydroxyl groups is 2. The van der Waals surface area contributed by atoms with Gasteiger partial charge in [0.15, 0.2) is 0 Å². The second-order valence-corrected chi connectivity index (χ2v) is 6.89. The lowest BCUT2D eigenvalue weighted by atomic mass is 10.0. The highest BCUT2D eigenvalue weighted by atomic mass is 19.4. The van der Waals surface area contributed by atoms with Gasteiger partial charge in [0.25, 0.3) is 0 Å². The van der Waals surface area contributed by atoms with Crippen molar-refractivity contribution in [2.75, 3.05) is 19.8 Å². The Labute approximate surface area is 163 Å². The maximum atomic E-state index is 12.3. The van der Waals surface area contributed by atoms with Crippen molar-refractivity contribution in [1.29, 1.82) is 5.41 Å². The molecule has 1 aromatic carbocycles. The Balaban J connectivity index is 0.000000576. The fraction of sp³-hybridized carbons (Fsp3) is 0.579. The van der Waals surface area contributed by atoms with Crippen molar-refractivity contribution in [2.24, 2.45) is 0 Å². The number of hydrogen-bond acceptors (Lipinski definition) is 5. The van der Waals surface area contributed by atoms with Gasteiger partial charge in [-0.05, 0) is 57.7 Å². The fourth-order valence-electron chi connectivity index (χ4n) is 1.89. The van der Waals surface area contributed by atoms with Crippen molar-refractivity contribution in [2.45, 2.75) is 51.8 Å². The summed E-state index contributed by atoms with van der Waals surface area (Å²) in [6, 6.07) is 4.58. The van der Waals surface area contributed by atoms with Crippen LogP contribution in [0.3, 0.4) is 0 Å². The molecule has 9 heteroatoms. The van der Waals surface area contributed by atoms with Gasteiger partial charge in [0.1, 0.15) is 5.60 Å². The number of halogens is 3. The molecule has 0 radical (unpaired) electrons. The summed E-state index contributed by atoms with van der Waals surface area (Å²) in [5.74, 6) is 0. The van der Waals surface area contributed by atoms with E-state index in [-0.39, 0.29) is 19.8 Å². The quantitative estimate of drug-likeness (QED) is 0.409. The highest BCUT2D eigenvalue weighted by Crippen LogP contribution is 2.29. The average molecular weight is 406 g/mol. The first-order valence-electron chi connectivity index (χ1n) is 8.84. The number of hydrogen-bond donors (Lipinski definition) is 4. The number of alkyl carbamates (subject to hydrolysis) is 1. The van der Waals surface area contributed by atoms with Crippen LogP contribution in [0.1, 0.15) is 51.2 Å². The molecule has 0 fully saturated rings. The summed E-state index contributed by atoms with van der Waals surface area (Å²) in [6.45, 7) is 5.58. The standard InChI is InChI=1S/C12H14F3NO.C7H15NO3/c13-12(14,15)10-6-4-9(5-7-10)11(16)3-1-2-8-17;1-7(2,3)11-6(10)8-4-5-9/h4-7,16-17H,1-3,8H2;9H,4-5H2,1-3H3,(H,8,10). The Morgan fingerprint density at radius 1 is 1.07 bits per heavy atom. The molecule has 0 saturated heterocycles. The van der Waals surface area contributed by atoms with Gasteiger partial charge in [-0.3, -0.25) is 0 Å². The van der Waals surface area contributed by atoms with E-state index in [1.54, 1.807) is 20.8 Å². The minimum Gasteiger partial charge on any atom is -0.444 e. The first kappa shape index (κ1) is 25.9. The molecule has 6 nitrogen and oxygen atoms in total. The number of benzene rings is 1. The van der Waals surface area contributed by atoms with Gasteiger partial charge in [0.2, 0.25) is 0 Å². The third-order valence-corrected chi connectivity index (χ3v) is 3.18. The zero-order chi connectivity index (χ0) is 21.8. The predicted molar refractivity (Wildman–Crippen MR) is 101 cm³/mol. The third kappa shape index (κ3) is 12.3. The van der Waals surface area contributed by atoms with Crippen LogP contribution >= 0.6 is 0 Å². The van der Waals surface area contributed by atoms with Crippen molar-refractivity contribution >= 4 is 11.8 Å². The molecule has 0 aromatic heterocycles. The molecule has 0 bridgehead atoms. The summed E-state index contributed by atoms with van der Waals surface area (Å²) >= 11 is 0. The summed E-state index contributed by atoms with van der Waals surface area (Å²) in [5.41, 5.74) is -0.382. The zero-order valence-corrected chi connectivity index (χ0v) is 16.4. The topological polar surface area (TPSA) is 103 Å². The molecule has 1 rings (SSSR count). The summed E-state index contributed by atoms with van der Waals surface area (Å²) < 4.78 is 41.7. The number of nitrogens with one attached hydrogen (secondary N) is 2. The lowest BCUT2D eigenvalue weighted by Crippen LogP contribution is -2.33. The Hall–Kier alpha value is -2.13. The number of unbranched alkanes of at least 4 members (excludes halogenated alkanes) is 1. The van der Waals surface area contributed by atoms with Crippen molar-refractivity contribution in [3.8, 4) is 0 Å². The normalized spacial score (nSPS) is 11.3. The van der Waals surface area contributed by atoms with Crippen LogP contribution in [-0.2, 0) is 10.9 Å². The molecule has 0 aliphatic rings. The molecule has 0 aliphatic heterocycles. The molecule has 1 aromatic rings. The SMILES string of the molecule is CC(C)(C)OC(=O)NCCO.N=C(CCCCO)c1ccc(C(F)(F)F)cc1. The van der Waals surface area contributed by atoms with E-state index in [0.717, 1.165) is 12.1 Å². The molecular weight excluding hydrogens is 377 g/mol. The number of carbonyl (C=O) groups excluding carboxylic acids is 1. The Morgan fingerprint density at radius 2 is 1.64 bits per heavy atom. The second kappa shape index (κ2) is 12.4. The second-order valence-electron chi connectivity index (χ2n) is 6.89. The van der Waals surface area contributed by atoms with Crippen molar-refractivity contribution in [1.82, 2.24) is 5.32 Å². The summed E-state index contributed by atoms with van der Waals surface area (Å²) in [4.78, 5) is 10.8. The van der Waals surface area contributed by atoms with E-state index < -0.39 is 23.4 Å². The Morgan fingerprint density at radius 3 is 2.07 bits per heavy atom. The number of carbonyl (C=O) groups is 1. The van der Waals surface area contributed by atoms with Crippen LogP contribution in [0.15, 0.2) is 24.3 Å². The van der Waals surface area contributed by atoms with Gasteiger partial charge in [-0.2, -0.15) is 13.2 Å². The molecule has 0 spiro atoms. The summed E-state index contributed by atoms with van der Waals surface area (Å²) in [5, 5.41) is 27.0. The lowest BCUT2D eigenvalue weighted by molar-refractivity contribution is -0.137. The average Bonchev–Trinajstić information content (AvgIpc) is 2.58. The van der Waals surface area contributed by atoms with Crippen molar-refractivity contribution in [3.63, 3.8) is 0 Å². The minimum atomic E-state index is -4.34. The van der Waals surface area contributed by atoms with E-state index >= 15 is 0 Å². The van der Waals surface area contributed by atoms with E-state index in [1.807, 2.05) is 0 Å². The zero-order valence-electron chi connectivity index (χ0n) is 16.4. The van der Waals surface area contributed by atoms with Crippen LogP contribution in [0.2, 0.25) is 0 Å². The van der Waals surface area contributed by atoms with Crippen molar-refractivity contribution < 1.29 is 32.9 Å². The number of aliphatic hydroxyl groups excluding tert-OH is 2.